The zero-order chi connectivity index (χ0) is 13.1. The summed E-state index contributed by atoms with van der Waals surface area (Å²) in [7, 11) is 1.61. The zero-order valence-corrected chi connectivity index (χ0v) is 11.6. The van der Waals surface area contributed by atoms with Gasteiger partial charge in [0.05, 0.1) is 0 Å². The van der Waals surface area contributed by atoms with E-state index < -0.39 is 0 Å². The van der Waals surface area contributed by atoms with Gasteiger partial charge in [-0.1, -0.05) is 6.92 Å². The van der Waals surface area contributed by atoms with Gasteiger partial charge in [-0.05, 0) is 18.1 Å². The van der Waals surface area contributed by atoms with Crippen molar-refractivity contribution in [3.8, 4) is 0 Å². The van der Waals surface area contributed by atoms with Crippen LogP contribution in [0.2, 0.25) is 0 Å². The molecule has 3 N–H and O–H groups in total. The minimum absolute atomic E-state index is 0.158. The molecule has 0 radical (unpaired) electrons. The summed E-state index contributed by atoms with van der Waals surface area (Å²) in [5, 5.41) is 3.51. The number of nitrogens with two attached hydrogens (primary N) is 1. The van der Waals surface area contributed by atoms with Crippen LogP contribution in [0.1, 0.15) is 17.3 Å². The zero-order valence-electron chi connectivity index (χ0n) is 10.8. The van der Waals surface area contributed by atoms with E-state index in [1.807, 2.05) is 0 Å². The number of likely N-dealkylation sites (N-methyl/N-ethyl adjacent to an activating group) is 1. The number of carbonyl (C=O) groups is 1. The minimum atomic E-state index is -0.158. The van der Waals surface area contributed by atoms with Crippen LogP contribution < -0.4 is 16.0 Å². The second kappa shape index (κ2) is 5.53. The van der Waals surface area contributed by atoms with Gasteiger partial charge in [0.1, 0.15) is 10.6 Å². The first-order valence-corrected chi connectivity index (χ1v) is 6.89. The van der Waals surface area contributed by atoms with Crippen LogP contribution in [0.3, 0.4) is 0 Å². The molecule has 2 heterocycles. The predicted molar refractivity (Wildman–Crippen MR) is 74.2 cm³/mol. The van der Waals surface area contributed by atoms with Gasteiger partial charge in [0.25, 0.3) is 5.91 Å². The molecular formula is C11H19N5OS. The van der Waals surface area contributed by atoms with Gasteiger partial charge >= 0.3 is 0 Å². The van der Waals surface area contributed by atoms with Crippen molar-refractivity contribution >= 4 is 28.3 Å². The van der Waals surface area contributed by atoms with Gasteiger partial charge in [0, 0.05) is 33.2 Å². The molecule has 7 heteroatoms. The summed E-state index contributed by atoms with van der Waals surface area (Å²) in [6.45, 7) is 7.10. The van der Waals surface area contributed by atoms with Crippen LogP contribution in [0.5, 0.6) is 0 Å². The SMILES string of the molecule is CCN1CCN(c2snc(N)c2C(=O)NC)CC1. The number of carbonyl (C=O) groups excluding carboxylic acids is 1. The molecule has 2 rings (SSSR count). The maximum atomic E-state index is 11.8. The molecule has 1 aliphatic rings. The van der Waals surface area contributed by atoms with Crippen LogP contribution in [0.4, 0.5) is 10.8 Å². The average molecular weight is 269 g/mol. The quantitative estimate of drug-likeness (QED) is 0.821. The molecule has 0 saturated carbocycles. The summed E-state index contributed by atoms with van der Waals surface area (Å²) in [5.74, 6) is 0.168. The van der Waals surface area contributed by atoms with Crippen molar-refractivity contribution in [1.82, 2.24) is 14.6 Å². The monoisotopic (exact) mass is 269 g/mol. The normalized spacial score (nSPS) is 16.9. The number of rotatable bonds is 3. The summed E-state index contributed by atoms with van der Waals surface area (Å²) >= 11 is 1.31. The van der Waals surface area contributed by atoms with Crippen molar-refractivity contribution in [3.05, 3.63) is 5.56 Å². The highest BCUT2D eigenvalue weighted by Crippen LogP contribution is 2.31. The number of nitrogens with zero attached hydrogens (tertiary/aromatic N) is 3. The largest absolute Gasteiger partial charge is 0.382 e. The molecule has 0 atom stereocenters. The highest BCUT2D eigenvalue weighted by atomic mass is 32.1. The van der Waals surface area contributed by atoms with E-state index in [4.69, 9.17) is 5.73 Å². The number of hydrogen-bond donors (Lipinski definition) is 2. The number of aromatic nitrogens is 1. The molecule has 1 amide bonds. The first kappa shape index (κ1) is 13.1. The van der Waals surface area contributed by atoms with Crippen molar-refractivity contribution in [2.75, 3.05) is 50.4 Å². The van der Waals surface area contributed by atoms with Crippen LogP contribution in [-0.2, 0) is 0 Å². The van der Waals surface area contributed by atoms with Crippen LogP contribution in [0, 0.1) is 0 Å². The molecule has 0 spiro atoms. The van der Waals surface area contributed by atoms with E-state index in [0.717, 1.165) is 37.7 Å². The van der Waals surface area contributed by atoms with E-state index in [1.54, 1.807) is 7.05 Å². The van der Waals surface area contributed by atoms with E-state index in [1.165, 1.54) is 11.5 Å². The van der Waals surface area contributed by atoms with E-state index in [0.29, 0.717) is 11.4 Å². The van der Waals surface area contributed by atoms with Crippen LogP contribution in [-0.4, -0.2) is 55.0 Å². The molecule has 0 unspecified atom stereocenters. The fourth-order valence-corrected chi connectivity index (χ4v) is 2.98. The fraction of sp³-hybridized carbons (Fsp3) is 0.636. The number of amides is 1. The van der Waals surface area contributed by atoms with Gasteiger partial charge in [0.15, 0.2) is 5.82 Å². The number of piperazine rings is 1. The minimum Gasteiger partial charge on any atom is -0.382 e. The van der Waals surface area contributed by atoms with E-state index in [2.05, 4.69) is 26.4 Å². The Morgan fingerprint density at radius 1 is 1.44 bits per heavy atom. The summed E-state index contributed by atoms with van der Waals surface area (Å²) in [6, 6.07) is 0. The van der Waals surface area contributed by atoms with Gasteiger partial charge in [0.2, 0.25) is 0 Å². The Morgan fingerprint density at radius 3 is 2.67 bits per heavy atom. The lowest BCUT2D eigenvalue weighted by atomic mass is 10.2. The van der Waals surface area contributed by atoms with Crippen LogP contribution in [0.15, 0.2) is 0 Å². The Kier molecular flexibility index (Phi) is 4.03. The molecule has 6 nitrogen and oxygen atoms in total. The van der Waals surface area contributed by atoms with Crippen molar-refractivity contribution in [2.24, 2.45) is 0 Å². The first-order chi connectivity index (χ1) is 8.67. The molecular weight excluding hydrogens is 250 g/mol. The Bertz CT molecular complexity index is 425. The van der Waals surface area contributed by atoms with Crippen molar-refractivity contribution in [1.29, 1.82) is 0 Å². The lowest BCUT2D eigenvalue weighted by Gasteiger charge is -2.34. The molecule has 1 fully saturated rings. The number of nitrogen functional groups attached to an aromatic ring is 1. The number of hydrogen-bond acceptors (Lipinski definition) is 6. The van der Waals surface area contributed by atoms with Crippen LogP contribution >= 0.6 is 11.5 Å². The molecule has 0 aromatic carbocycles. The first-order valence-electron chi connectivity index (χ1n) is 6.11. The molecule has 0 bridgehead atoms. The Labute approximate surface area is 111 Å². The second-order valence-corrected chi connectivity index (χ2v) is 5.00. The lowest BCUT2D eigenvalue weighted by Crippen LogP contribution is -2.46. The highest BCUT2D eigenvalue weighted by Gasteiger charge is 2.25. The molecule has 1 aromatic rings. The second-order valence-electron chi connectivity index (χ2n) is 4.25. The third-order valence-electron chi connectivity index (χ3n) is 3.26. The third kappa shape index (κ3) is 2.41. The van der Waals surface area contributed by atoms with Gasteiger partial charge in [-0.2, -0.15) is 4.37 Å². The lowest BCUT2D eigenvalue weighted by molar-refractivity contribution is 0.0964. The maximum Gasteiger partial charge on any atom is 0.257 e. The molecule has 0 aliphatic carbocycles. The summed E-state index contributed by atoms with van der Waals surface area (Å²) in [4.78, 5) is 16.4. The fourth-order valence-electron chi connectivity index (χ4n) is 2.11. The van der Waals surface area contributed by atoms with Gasteiger partial charge in [-0.15, -0.1) is 0 Å². The standard InChI is InChI=1S/C11H19N5OS/c1-3-15-4-6-16(7-5-15)11-8(10(17)13-2)9(12)14-18-11/h3-7H2,1-2H3,(H2,12,14)(H,13,17). The summed E-state index contributed by atoms with van der Waals surface area (Å²) in [5.41, 5.74) is 6.30. The van der Waals surface area contributed by atoms with E-state index in [-0.39, 0.29) is 5.91 Å². The Balaban J connectivity index is 2.17. The smallest absolute Gasteiger partial charge is 0.257 e. The number of nitrogens with one attached hydrogen (secondary N) is 1. The van der Waals surface area contributed by atoms with Gasteiger partial charge < -0.3 is 20.9 Å². The molecule has 18 heavy (non-hydrogen) atoms. The van der Waals surface area contributed by atoms with Gasteiger partial charge in [-0.25, -0.2) is 0 Å². The maximum absolute atomic E-state index is 11.8. The Morgan fingerprint density at radius 2 is 2.11 bits per heavy atom. The molecule has 1 aliphatic heterocycles. The average Bonchev–Trinajstić information content (AvgIpc) is 2.80. The Hall–Kier alpha value is -1.34. The van der Waals surface area contributed by atoms with Crippen molar-refractivity contribution < 1.29 is 4.79 Å². The summed E-state index contributed by atoms with van der Waals surface area (Å²) < 4.78 is 4.10. The molecule has 1 aromatic heterocycles. The highest BCUT2D eigenvalue weighted by molar-refractivity contribution is 7.11. The van der Waals surface area contributed by atoms with Crippen molar-refractivity contribution in [3.63, 3.8) is 0 Å². The van der Waals surface area contributed by atoms with E-state index >= 15 is 0 Å². The molecule has 100 valence electrons. The van der Waals surface area contributed by atoms with E-state index in [9.17, 15) is 4.79 Å². The predicted octanol–water partition coefficient (Wildman–Crippen LogP) is 0.227. The number of anilines is 2. The van der Waals surface area contributed by atoms with Crippen LogP contribution in [0.25, 0.3) is 0 Å². The van der Waals surface area contributed by atoms with Crippen molar-refractivity contribution in [2.45, 2.75) is 6.92 Å². The third-order valence-corrected chi connectivity index (χ3v) is 4.18. The summed E-state index contributed by atoms with van der Waals surface area (Å²) in [6.07, 6.45) is 0. The molecule has 1 saturated heterocycles. The topological polar surface area (TPSA) is 74.5 Å². The van der Waals surface area contributed by atoms with Gasteiger partial charge in [-0.3, -0.25) is 4.79 Å².